The summed E-state index contributed by atoms with van der Waals surface area (Å²) in [5.74, 6) is -0.0389. The highest BCUT2D eigenvalue weighted by Crippen LogP contribution is 2.23. The van der Waals surface area contributed by atoms with E-state index in [0.29, 0.717) is 18.7 Å². The molecule has 1 N–H and O–H groups in total. The monoisotopic (exact) mass is 316 g/mol. The Morgan fingerprint density at radius 1 is 1.26 bits per heavy atom. The molecular weight excluding hydrogens is 292 g/mol. The van der Waals surface area contributed by atoms with Gasteiger partial charge in [0.15, 0.2) is 5.78 Å². The Balaban J connectivity index is 2.17. The molecule has 0 aliphatic rings. The minimum absolute atomic E-state index is 0.0644. The Morgan fingerprint density at radius 3 is 2.70 bits per heavy atom. The summed E-state index contributed by atoms with van der Waals surface area (Å²) in [6, 6.07) is 7.69. The third kappa shape index (κ3) is 4.20. The Labute approximate surface area is 136 Å². The number of hydrogen-bond acceptors (Lipinski definition) is 3. The molecule has 23 heavy (non-hydrogen) atoms. The first-order valence-electron chi connectivity index (χ1n) is 7.92. The number of rotatable bonds is 8. The number of carbonyl (C=O) groups excluding carboxylic acids is 2. The predicted molar refractivity (Wildman–Crippen MR) is 90.6 cm³/mol. The van der Waals surface area contributed by atoms with E-state index in [2.05, 4.69) is 5.32 Å². The molecule has 0 aliphatic heterocycles. The summed E-state index contributed by atoms with van der Waals surface area (Å²) in [6.07, 6.45) is 2.58. The number of ketones is 1. The molecule has 5 nitrogen and oxygen atoms in total. The van der Waals surface area contributed by atoms with Crippen LogP contribution >= 0.6 is 0 Å². The molecule has 0 spiro atoms. The molecule has 0 saturated heterocycles. The number of carbonyl (C=O) groups is 2. The van der Waals surface area contributed by atoms with E-state index < -0.39 is 0 Å². The van der Waals surface area contributed by atoms with E-state index in [9.17, 15) is 9.59 Å². The molecule has 0 atom stereocenters. The van der Waals surface area contributed by atoms with E-state index in [4.69, 9.17) is 4.74 Å². The lowest BCUT2D eigenvalue weighted by Crippen LogP contribution is -2.28. The molecular formula is C18H24N2O3. The zero-order valence-corrected chi connectivity index (χ0v) is 14.0. The summed E-state index contributed by atoms with van der Waals surface area (Å²) in [5.41, 5.74) is 1.59. The first-order valence-corrected chi connectivity index (χ1v) is 7.92. The van der Waals surface area contributed by atoms with E-state index in [0.717, 1.165) is 17.3 Å². The first kappa shape index (κ1) is 17.2. The number of hydrogen-bond donors (Lipinski definition) is 1. The normalized spacial score (nSPS) is 11.1. The lowest BCUT2D eigenvalue weighted by atomic mass is 10.0. The van der Waals surface area contributed by atoms with Crippen LogP contribution in [0.15, 0.2) is 30.5 Å². The van der Waals surface area contributed by atoms with Crippen LogP contribution in [0.25, 0.3) is 10.9 Å². The van der Waals surface area contributed by atoms with Crippen LogP contribution in [-0.4, -0.2) is 36.5 Å². The van der Waals surface area contributed by atoms with E-state index >= 15 is 0 Å². The third-order valence-electron chi connectivity index (χ3n) is 3.74. The Kier molecular flexibility index (Phi) is 5.93. The molecule has 1 aromatic heterocycles. The van der Waals surface area contributed by atoms with Gasteiger partial charge in [-0.05, 0) is 12.5 Å². The Bertz CT molecular complexity index is 689. The summed E-state index contributed by atoms with van der Waals surface area (Å²) in [6.45, 7) is 5.19. The first-order chi connectivity index (χ1) is 11.0. The number of fused-ring (bicyclic) bond motifs is 1. The van der Waals surface area contributed by atoms with Gasteiger partial charge in [0.25, 0.3) is 0 Å². The summed E-state index contributed by atoms with van der Waals surface area (Å²) >= 11 is 0. The van der Waals surface area contributed by atoms with Gasteiger partial charge < -0.3 is 14.6 Å². The number of nitrogens with one attached hydrogen (secondary N) is 1. The van der Waals surface area contributed by atoms with Crippen molar-refractivity contribution in [2.45, 2.75) is 26.8 Å². The lowest BCUT2D eigenvalue weighted by molar-refractivity contribution is -0.121. The molecule has 0 bridgehead atoms. The van der Waals surface area contributed by atoms with Crippen molar-refractivity contribution in [1.82, 2.24) is 9.88 Å². The molecule has 0 aliphatic carbocycles. The standard InChI is InChI=1S/C18H24N2O3/c1-13(2)18(22)15-11-20(16-8-5-4-7-14(15)16)12-17(21)19-9-6-10-23-3/h4-5,7-8,11,13H,6,9-10,12H2,1-3H3,(H,19,21). The fraction of sp³-hybridized carbons (Fsp3) is 0.444. The number of benzene rings is 1. The van der Waals surface area contributed by atoms with Gasteiger partial charge in [0.2, 0.25) is 5.91 Å². The fourth-order valence-corrected chi connectivity index (χ4v) is 2.54. The molecule has 1 amide bonds. The van der Waals surface area contributed by atoms with Crippen LogP contribution in [0.2, 0.25) is 0 Å². The van der Waals surface area contributed by atoms with Crippen molar-refractivity contribution in [3.05, 3.63) is 36.0 Å². The van der Waals surface area contributed by atoms with E-state index in [1.165, 1.54) is 0 Å². The second-order valence-electron chi connectivity index (χ2n) is 5.90. The largest absolute Gasteiger partial charge is 0.385 e. The SMILES string of the molecule is COCCCNC(=O)Cn1cc(C(=O)C(C)C)c2ccccc21. The van der Waals surface area contributed by atoms with Crippen LogP contribution in [0.3, 0.4) is 0 Å². The van der Waals surface area contributed by atoms with Gasteiger partial charge in [-0.3, -0.25) is 9.59 Å². The van der Waals surface area contributed by atoms with Crippen molar-refractivity contribution in [2.75, 3.05) is 20.3 Å². The van der Waals surface area contributed by atoms with Crippen molar-refractivity contribution in [1.29, 1.82) is 0 Å². The van der Waals surface area contributed by atoms with Crippen molar-refractivity contribution in [3.63, 3.8) is 0 Å². The number of nitrogens with zero attached hydrogens (tertiary/aromatic N) is 1. The van der Waals surface area contributed by atoms with Crippen molar-refractivity contribution in [2.24, 2.45) is 5.92 Å². The number of amides is 1. The fourth-order valence-electron chi connectivity index (χ4n) is 2.54. The molecule has 124 valence electrons. The molecule has 0 unspecified atom stereocenters. The average molecular weight is 316 g/mol. The quantitative estimate of drug-likeness (QED) is 0.601. The predicted octanol–water partition coefficient (Wildman–Crippen LogP) is 2.63. The molecule has 2 rings (SSSR count). The maximum atomic E-state index is 12.4. The van der Waals surface area contributed by atoms with Crippen LogP contribution in [0, 0.1) is 5.92 Å². The maximum absolute atomic E-state index is 12.4. The molecule has 1 heterocycles. The summed E-state index contributed by atoms with van der Waals surface area (Å²) < 4.78 is 6.80. The van der Waals surface area contributed by atoms with E-state index in [1.807, 2.05) is 42.7 Å². The highest BCUT2D eigenvalue weighted by atomic mass is 16.5. The van der Waals surface area contributed by atoms with Gasteiger partial charge in [0, 0.05) is 48.8 Å². The zero-order valence-electron chi connectivity index (χ0n) is 14.0. The van der Waals surface area contributed by atoms with Gasteiger partial charge in [0.05, 0.1) is 0 Å². The number of methoxy groups -OCH3 is 1. The van der Waals surface area contributed by atoms with Crippen LogP contribution in [0.5, 0.6) is 0 Å². The van der Waals surface area contributed by atoms with Gasteiger partial charge in [-0.25, -0.2) is 0 Å². The van der Waals surface area contributed by atoms with Crippen molar-refractivity contribution in [3.8, 4) is 0 Å². The highest BCUT2D eigenvalue weighted by Gasteiger charge is 2.18. The molecule has 2 aromatic rings. The van der Waals surface area contributed by atoms with Crippen LogP contribution in [0.4, 0.5) is 0 Å². The van der Waals surface area contributed by atoms with E-state index in [1.54, 1.807) is 13.3 Å². The molecule has 0 radical (unpaired) electrons. The van der Waals surface area contributed by atoms with Gasteiger partial charge >= 0.3 is 0 Å². The van der Waals surface area contributed by atoms with Gasteiger partial charge in [-0.15, -0.1) is 0 Å². The molecule has 5 heteroatoms. The lowest BCUT2D eigenvalue weighted by Gasteiger charge is -2.07. The second kappa shape index (κ2) is 7.92. The average Bonchev–Trinajstić information content (AvgIpc) is 2.89. The van der Waals surface area contributed by atoms with Gasteiger partial charge in [0.1, 0.15) is 6.54 Å². The highest BCUT2D eigenvalue weighted by molar-refractivity contribution is 6.09. The number of ether oxygens (including phenoxy) is 1. The second-order valence-corrected chi connectivity index (χ2v) is 5.90. The van der Waals surface area contributed by atoms with Crippen LogP contribution in [-0.2, 0) is 16.1 Å². The topological polar surface area (TPSA) is 60.3 Å². The van der Waals surface area contributed by atoms with E-state index in [-0.39, 0.29) is 24.2 Å². The Hall–Kier alpha value is -2.14. The number of aromatic nitrogens is 1. The minimum atomic E-state index is -0.0721. The summed E-state index contributed by atoms with van der Waals surface area (Å²) in [4.78, 5) is 24.4. The van der Waals surface area contributed by atoms with Gasteiger partial charge in [-0.2, -0.15) is 0 Å². The number of para-hydroxylation sites is 1. The number of Topliss-reactive ketones (excluding diaryl/α,β-unsaturated/α-hetero) is 1. The molecule has 0 saturated carbocycles. The Morgan fingerprint density at radius 2 is 2.00 bits per heavy atom. The summed E-state index contributed by atoms with van der Waals surface area (Å²) in [5, 5.41) is 3.77. The van der Waals surface area contributed by atoms with Gasteiger partial charge in [-0.1, -0.05) is 32.0 Å². The van der Waals surface area contributed by atoms with Crippen molar-refractivity contribution >= 4 is 22.6 Å². The van der Waals surface area contributed by atoms with Crippen LogP contribution in [0.1, 0.15) is 30.6 Å². The summed E-state index contributed by atoms with van der Waals surface area (Å²) in [7, 11) is 1.64. The zero-order chi connectivity index (χ0) is 16.8. The van der Waals surface area contributed by atoms with Crippen molar-refractivity contribution < 1.29 is 14.3 Å². The van der Waals surface area contributed by atoms with Crippen LogP contribution < -0.4 is 5.32 Å². The molecule has 0 fully saturated rings. The third-order valence-corrected chi connectivity index (χ3v) is 3.74. The molecule has 1 aromatic carbocycles. The maximum Gasteiger partial charge on any atom is 0.239 e. The smallest absolute Gasteiger partial charge is 0.239 e. The minimum Gasteiger partial charge on any atom is -0.385 e.